The summed E-state index contributed by atoms with van der Waals surface area (Å²) in [5.41, 5.74) is 2.88. The Bertz CT molecular complexity index is 509. The molecule has 2 aromatic rings. The van der Waals surface area contributed by atoms with Gasteiger partial charge in [0, 0.05) is 18.9 Å². The normalized spacial score (nSPS) is 9.94. The molecule has 1 heterocycles. The molecule has 1 N–H and O–H groups in total. The first-order valence-corrected chi connectivity index (χ1v) is 5.49. The summed E-state index contributed by atoms with van der Waals surface area (Å²) in [7, 11) is 0. The van der Waals surface area contributed by atoms with Crippen LogP contribution < -0.4 is 5.32 Å². The van der Waals surface area contributed by atoms with Gasteiger partial charge in [-0.1, -0.05) is 29.8 Å². The lowest BCUT2D eigenvalue weighted by Gasteiger charge is -2.05. The van der Waals surface area contributed by atoms with Crippen molar-refractivity contribution in [1.29, 1.82) is 0 Å². The molecule has 0 bridgehead atoms. The standard InChI is InChI=1S/C14H14N2O/c1-11-4-2-5-12(8-11)9-16-14(17)13-6-3-7-15-10-13/h2-8,10H,9H2,1H3,(H,16,17). The van der Waals surface area contributed by atoms with Crippen LogP contribution in [0.4, 0.5) is 0 Å². The smallest absolute Gasteiger partial charge is 0.253 e. The first-order chi connectivity index (χ1) is 8.25. The van der Waals surface area contributed by atoms with Crippen molar-refractivity contribution in [2.45, 2.75) is 13.5 Å². The summed E-state index contributed by atoms with van der Waals surface area (Å²) in [5, 5.41) is 2.86. The van der Waals surface area contributed by atoms with Gasteiger partial charge in [-0.25, -0.2) is 0 Å². The zero-order valence-electron chi connectivity index (χ0n) is 9.68. The Hall–Kier alpha value is -2.16. The molecule has 1 amide bonds. The van der Waals surface area contributed by atoms with Gasteiger partial charge in [-0.05, 0) is 24.6 Å². The predicted molar refractivity (Wildman–Crippen MR) is 66.6 cm³/mol. The van der Waals surface area contributed by atoms with Crippen LogP contribution in [0.3, 0.4) is 0 Å². The highest BCUT2D eigenvalue weighted by atomic mass is 16.1. The number of pyridine rings is 1. The summed E-state index contributed by atoms with van der Waals surface area (Å²) in [5.74, 6) is -0.0976. The Morgan fingerprint density at radius 1 is 1.29 bits per heavy atom. The van der Waals surface area contributed by atoms with Gasteiger partial charge < -0.3 is 5.32 Å². The van der Waals surface area contributed by atoms with E-state index < -0.39 is 0 Å². The molecule has 0 radical (unpaired) electrons. The first kappa shape index (κ1) is 11.3. The van der Waals surface area contributed by atoms with Gasteiger partial charge in [-0.2, -0.15) is 0 Å². The second-order valence-corrected chi connectivity index (χ2v) is 3.91. The number of carbonyl (C=O) groups is 1. The molecule has 0 saturated carbocycles. The second-order valence-electron chi connectivity index (χ2n) is 3.91. The zero-order valence-corrected chi connectivity index (χ0v) is 9.68. The van der Waals surface area contributed by atoms with E-state index in [0.29, 0.717) is 12.1 Å². The number of carbonyl (C=O) groups excluding carboxylic acids is 1. The molecule has 1 aromatic heterocycles. The van der Waals surface area contributed by atoms with Gasteiger partial charge in [0.2, 0.25) is 0 Å². The largest absolute Gasteiger partial charge is 0.348 e. The number of hydrogen-bond donors (Lipinski definition) is 1. The number of aryl methyl sites for hydroxylation is 1. The average Bonchev–Trinajstić information content (AvgIpc) is 2.37. The van der Waals surface area contributed by atoms with E-state index in [1.807, 2.05) is 25.1 Å². The monoisotopic (exact) mass is 226 g/mol. The summed E-state index contributed by atoms with van der Waals surface area (Å²) in [4.78, 5) is 15.7. The van der Waals surface area contributed by atoms with Crippen LogP contribution >= 0.6 is 0 Å². The van der Waals surface area contributed by atoms with Gasteiger partial charge in [0.1, 0.15) is 0 Å². The van der Waals surface area contributed by atoms with E-state index in [0.717, 1.165) is 5.56 Å². The van der Waals surface area contributed by atoms with Crippen LogP contribution in [0.15, 0.2) is 48.8 Å². The maximum atomic E-state index is 11.8. The second kappa shape index (κ2) is 5.25. The van der Waals surface area contributed by atoms with E-state index in [4.69, 9.17) is 0 Å². The molecule has 0 atom stereocenters. The van der Waals surface area contributed by atoms with Crippen LogP contribution in [0.2, 0.25) is 0 Å². The van der Waals surface area contributed by atoms with E-state index >= 15 is 0 Å². The maximum Gasteiger partial charge on any atom is 0.253 e. The average molecular weight is 226 g/mol. The van der Waals surface area contributed by atoms with Gasteiger partial charge in [0.25, 0.3) is 5.91 Å². The van der Waals surface area contributed by atoms with E-state index in [1.54, 1.807) is 24.5 Å². The first-order valence-electron chi connectivity index (χ1n) is 5.49. The van der Waals surface area contributed by atoms with Crippen LogP contribution in [0, 0.1) is 6.92 Å². The molecule has 3 nitrogen and oxygen atoms in total. The number of nitrogens with one attached hydrogen (secondary N) is 1. The van der Waals surface area contributed by atoms with E-state index in [2.05, 4.69) is 16.4 Å². The third-order valence-corrected chi connectivity index (χ3v) is 2.46. The van der Waals surface area contributed by atoms with E-state index in [-0.39, 0.29) is 5.91 Å². The van der Waals surface area contributed by atoms with Gasteiger partial charge in [0.05, 0.1) is 5.56 Å². The molecule has 0 aliphatic heterocycles. The number of rotatable bonds is 3. The Balaban J connectivity index is 1.97. The fraction of sp³-hybridized carbons (Fsp3) is 0.143. The van der Waals surface area contributed by atoms with Gasteiger partial charge in [0.15, 0.2) is 0 Å². The van der Waals surface area contributed by atoms with Crippen LogP contribution in [-0.4, -0.2) is 10.9 Å². The van der Waals surface area contributed by atoms with E-state index in [1.165, 1.54) is 5.56 Å². The van der Waals surface area contributed by atoms with Crippen molar-refractivity contribution in [3.8, 4) is 0 Å². The van der Waals surface area contributed by atoms with E-state index in [9.17, 15) is 4.79 Å². The molecule has 3 heteroatoms. The number of nitrogens with zero attached hydrogens (tertiary/aromatic N) is 1. The van der Waals surface area contributed by atoms with Crippen molar-refractivity contribution >= 4 is 5.91 Å². The van der Waals surface area contributed by atoms with Crippen molar-refractivity contribution < 1.29 is 4.79 Å². The molecule has 0 unspecified atom stereocenters. The lowest BCUT2D eigenvalue weighted by atomic mass is 10.1. The molecular weight excluding hydrogens is 212 g/mol. The molecule has 1 aromatic carbocycles. The van der Waals surface area contributed by atoms with Crippen molar-refractivity contribution in [2.24, 2.45) is 0 Å². The van der Waals surface area contributed by atoms with Crippen molar-refractivity contribution in [3.63, 3.8) is 0 Å². The third-order valence-electron chi connectivity index (χ3n) is 2.46. The molecule has 2 rings (SSSR count). The fourth-order valence-electron chi connectivity index (χ4n) is 1.60. The Morgan fingerprint density at radius 3 is 2.88 bits per heavy atom. The minimum Gasteiger partial charge on any atom is -0.348 e. The SMILES string of the molecule is Cc1cccc(CNC(=O)c2cccnc2)c1. The van der Waals surface area contributed by atoms with Crippen LogP contribution in [-0.2, 0) is 6.54 Å². The highest BCUT2D eigenvalue weighted by Gasteiger charge is 2.04. The third kappa shape index (κ3) is 3.14. The number of aromatic nitrogens is 1. The summed E-state index contributed by atoms with van der Waals surface area (Å²) < 4.78 is 0. The summed E-state index contributed by atoms with van der Waals surface area (Å²) in [6.45, 7) is 2.57. The molecule has 86 valence electrons. The van der Waals surface area contributed by atoms with Crippen molar-refractivity contribution in [1.82, 2.24) is 10.3 Å². The fourth-order valence-corrected chi connectivity index (χ4v) is 1.60. The zero-order chi connectivity index (χ0) is 12.1. The molecule has 0 spiro atoms. The molecule has 0 fully saturated rings. The van der Waals surface area contributed by atoms with Crippen molar-refractivity contribution in [2.75, 3.05) is 0 Å². The maximum absolute atomic E-state index is 11.8. The Morgan fingerprint density at radius 2 is 2.18 bits per heavy atom. The summed E-state index contributed by atoms with van der Waals surface area (Å²) >= 11 is 0. The number of amides is 1. The lowest BCUT2D eigenvalue weighted by Crippen LogP contribution is -2.22. The van der Waals surface area contributed by atoms with Gasteiger partial charge >= 0.3 is 0 Å². The number of benzene rings is 1. The highest BCUT2D eigenvalue weighted by molar-refractivity contribution is 5.93. The lowest BCUT2D eigenvalue weighted by molar-refractivity contribution is 0.0950. The highest BCUT2D eigenvalue weighted by Crippen LogP contribution is 2.04. The van der Waals surface area contributed by atoms with Crippen LogP contribution in [0.1, 0.15) is 21.5 Å². The minimum atomic E-state index is -0.0976. The number of hydrogen-bond acceptors (Lipinski definition) is 2. The topological polar surface area (TPSA) is 42.0 Å². The molecule has 0 aliphatic carbocycles. The Labute approximate surface area is 101 Å². The Kier molecular flexibility index (Phi) is 3.50. The van der Waals surface area contributed by atoms with Gasteiger partial charge in [-0.15, -0.1) is 0 Å². The summed E-state index contributed by atoms with van der Waals surface area (Å²) in [6.07, 6.45) is 3.21. The predicted octanol–water partition coefficient (Wildman–Crippen LogP) is 2.32. The minimum absolute atomic E-state index is 0.0976. The molecule has 0 saturated heterocycles. The van der Waals surface area contributed by atoms with Gasteiger partial charge in [-0.3, -0.25) is 9.78 Å². The molecule has 0 aliphatic rings. The quantitative estimate of drug-likeness (QED) is 0.872. The summed E-state index contributed by atoms with van der Waals surface area (Å²) in [6, 6.07) is 11.6. The van der Waals surface area contributed by atoms with Crippen LogP contribution in [0.5, 0.6) is 0 Å². The molecule has 17 heavy (non-hydrogen) atoms. The molecular formula is C14H14N2O. The van der Waals surface area contributed by atoms with Crippen molar-refractivity contribution in [3.05, 3.63) is 65.5 Å². The van der Waals surface area contributed by atoms with Crippen LogP contribution in [0.25, 0.3) is 0 Å².